The SMILES string of the molecule is Nc1cccc(C(=O)c2ccc3c(Cl)c[nH]c3c2)c1NC(=O)OCC1CCN(c2ccncc2)CC1. The van der Waals surface area contributed by atoms with E-state index >= 15 is 0 Å². The summed E-state index contributed by atoms with van der Waals surface area (Å²) in [5.41, 5.74) is 9.29. The number of pyridine rings is 1. The van der Waals surface area contributed by atoms with Gasteiger partial charge in [0, 0.05) is 59.4 Å². The number of para-hydroxylation sites is 1. The predicted molar refractivity (Wildman–Crippen MR) is 142 cm³/mol. The highest BCUT2D eigenvalue weighted by molar-refractivity contribution is 6.35. The summed E-state index contributed by atoms with van der Waals surface area (Å²) in [5, 5.41) is 4.10. The molecule has 5 rings (SSSR count). The molecule has 4 aromatic rings. The normalized spacial score (nSPS) is 14.1. The van der Waals surface area contributed by atoms with Crippen molar-refractivity contribution in [1.29, 1.82) is 0 Å². The highest BCUT2D eigenvalue weighted by Crippen LogP contribution is 2.29. The van der Waals surface area contributed by atoms with Gasteiger partial charge in [-0.1, -0.05) is 29.8 Å². The molecule has 9 heteroatoms. The highest BCUT2D eigenvalue weighted by atomic mass is 35.5. The van der Waals surface area contributed by atoms with E-state index in [1.54, 1.807) is 55.0 Å². The number of anilines is 3. The Morgan fingerprint density at radius 2 is 1.92 bits per heavy atom. The van der Waals surface area contributed by atoms with E-state index in [1.807, 2.05) is 12.1 Å². The first-order valence-corrected chi connectivity index (χ1v) is 12.2. The molecule has 1 fully saturated rings. The second kappa shape index (κ2) is 10.3. The number of amides is 1. The molecule has 184 valence electrons. The number of nitrogens with zero attached hydrogens (tertiary/aromatic N) is 2. The van der Waals surface area contributed by atoms with E-state index in [-0.39, 0.29) is 28.6 Å². The van der Waals surface area contributed by atoms with Gasteiger partial charge in [-0.25, -0.2) is 4.79 Å². The van der Waals surface area contributed by atoms with Crippen LogP contribution in [0.1, 0.15) is 28.8 Å². The van der Waals surface area contributed by atoms with Crippen LogP contribution in [0.15, 0.2) is 67.1 Å². The molecule has 1 aliphatic heterocycles. The number of ketones is 1. The van der Waals surface area contributed by atoms with Crippen LogP contribution in [0.2, 0.25) is 5.02 Å². The number of fused-ring (bicyclic) bond motifs is 1. The third-order valence-corrected chi connectivity index (χ3v) is 6.87. The minimum atomic E-state index is -0.634. The van der Waals surface area contributed by atoms with Crippen LogP contribution in [0.25, 0.3) is 10.9 Å². The van der Waals surface area contributed by atoms with Gasteiger partial charge in [-0.3, -0.25) is 15.1 Å². The van der Waals surface area contributed by atoms with Gasteiger partial charge in [-0.15, -0.1) is 0 Å². The number of ether oxygens (including phenoxy) is 1. The minimum Gasteiger partial charge on any atom is -0.449 e. The van der Waals surface area contributed by atoms with Gasteiger partial charge in [-0.05, 0) is 49.1 Å². The Morgan fingerprint density at radius 3 is 2.69 bits per heavy atom. The van der Waals surface area contributed by atoms with Crippen molar-refractivity contribution in [2.75, 3.05) is 35.6 Å². The zero-order valence-corrected chi connectivity index (χ0v) is 20.3. The first-order chi connectivity index (χ1) is 17.5. The van der Waals surface area contributed by atoms with Crippen molar-refractivity contribution in [3.8, 4) is 0 Å². The number of carbonyl (C=O) groups is 2. The van der Waals surface area contributed by atoms with Crippen LogP contribution >= 0.6 is 11.6 Å². The lowest BCUT2D eigenvalue weighted by molar-refractivity contribution is 0.103. The maximum absolute atomic E-state index is 13.3. The monoisotopic (exact) mass is 503 g/mol. The molecule has 1 saturated heterocycles. The second-order valence-corrected chi connectivity index (χ2v) is 9.26. The predicted octanol–water partition coefficient (Wildman–Crippen LogP) is 5.49. The molecule has 0 spiro atoms. The summed E-state index contributed by atoms with van der Waals surface area (Å²) in [4.78, 5) is 35.4. The van der Waals surface area contributed by atoms with Gasteiger partial charge in [0.1, 0.15) is 0 Å². The van der Waals surface area contributed by atoms with E-state index in [2.05, 4.69) is 20.2 Å². The molecule has 0 bridgehead atoms. The van der Waals surface area contributed by atoms with Crippen LogP contribution in [0.5, 0.6) is 0 Å². The average Bonchev–Trinajstić information content (AvgIpc) is 3.29. The molecule has 0 radical (unpaired) electrons. The minimum absolute atomic E-state index is 0.240. The number of nitrogens with one attached hydrogen (secondary N) is 2. The number of carbonyl (C=O) groups excluding carboxylic acids is 2. The largest absolute Gasteiger partial charge is 0.449 e. The number of benzene rings is 2. The van der Waals surface area contributed by atoms with Gasteiger partial charge < -0.3 is 20.4 Å². The number of piperidine rings is 1. The van der Waals surface area contributed by atoms with Crippen LogP contribution in [-0.2, 0) is 4.74 Å². The van der Waals surface area contributed by atoms with Gasteiger partial charge in [0.25, 0.3) is 0 Å². The van der Waals surface area contributed by atoms with Crippen molar-refractivity contribution in [1.82, 2.24) is 9.97 Å². The number of nitrogen functional groups attached to an aromatic ring is 1. The van der Waals surface area contributed by atoms with E-state index in [0.29, 0.717) is 17.2 Å². The lowest BCUT2D eigenvalue weighted by atomic mass is 9.97. The van der Waals surface area contributed by atoms with Crippen LogP contribution in [0.4, 0.5) is 21.9 Å². The number of rotatable bonds is 6. The third kappa shape index (κ3) is 4.99. The Balaban J connectivity index is 1.22. The van der Waals surface area contributed by atoms with Crippen LogP contribution < -0.4 is 16.0 Å². The second-order valence-electron chi connectivity index (χ2n) is 8.86. The van der Waals surface area contributed by atoms with Crippen LogP contribution in [0, 0.1) is 5.92 Å². The quantitative estimate of drug-likeness (QED) is 0.237. The zero-order valence-electron chi connectivity index (χ0n) is 19.5. The summed E-state index contributed by atoms with van der Waals surface area (Å²) in [6.07, 6.45) is 6.45. The number of hydrogen-bond acceptors (Lipinski definition) is 6. The van der Waals surface area contributed by atoms with Gasteiger partial charge in [0.15, 0.2) is 5.78 Å². The fourth-order valence-corrected chi connectivity index (χ4v) is 4.75. The molecule has 0 atom stereocenters. The molecule has 2 aromatic carbocycles. The number of halogens is 1. The molecule has 0 saturated carbocycles. The Kier molecular flexibility index (Phi) is 6.77. The average molecular weight is 504 g/mol. The van der Waals surface area contributed by atoms with Crippen molar-refractivity contribution in [3.63, 3.8) is 0 Å². The van der Waals surface area contributed by atoms with Crippen LogP contribution in [0.3, 0.4) is 0 Å². The molecule has 0 unspecified atom stereocenters. The van der Waals surface area contributed by atoms with E-state index in [9.17, 15) is 9.59 Å². The first kappa shape index (κ1) is 23.7. The van der Waals surface area contributed by atoms with Gasteiger partial charge in [-0.2, -0.15) is 0 Å². The molecule has 36 heavy (non-hydrogen) atoms. The van der Waals surface area contributed by atoms with E-state index in [1.165, 1.54) is 0 Å². The number of H-pyrrole nitrogens is 1. The van der Waals surface area contributed by atoms with Crippen molar-refractivity contribution in [3.05, 3.63) is 83.3 Å². The summed E-state index contributed by atoms with van der Waals surface area (Å²) >= 11 is 6.15. The Labute approximate surface area is 213 Å². The highest BCUT2D eigenvalue weighted by Gasteiger charge is 2.22. The zero-order chi connectivity index (χ0) is 25.1. The topological polar surface area (TPSA) is 113 Å². The molecule has 4 N–H and O–H groups in total. The fraction of sp³-hybridized carbons (Fsp3) is 0.222. The summed E-state index contributed by atoms with van der Waals surface area (Å²) in [5.74, 6) is -0.00360. The Hall–Kier alpha value is -4.04. The summed E-state index contributed by atoms with van der Waals surface area (Å²) in [7, 11) is 0. The molecule has 2 aromatic heterocycles. The van der Waals surface area contributed by atoms with Crippen LogP contribution in [-0.4, -0.2) is 41.5 Å². The molecule has 8 nitrogen and oxygen atoms in total. The molecule has 0 aliphatic carbocycles. The van der Waals surface area contributed by atoms with Crippen molar-refractivity contribution < 1.29 is 14.3 Å². The van der Waals surface area contributed by atoms with Gasteiger partial charge in [0.2, 0.25) is 0 Å². The Bertz CT molecular complexity index is 1400. The summed E-state index contributed by atoms with van der Waals surface area (Å²) < 4.78 is 5.52. The Morgan fingerprint density at radius 1 is 1.14 bits per heavy atom. The number of aromatic amines is 1. The first-order valence-electron chi connectivity index (χ1n) is 11.8. The van der Waals surface area contributed by atoms with E-state index in [0.717, 1.165) is 42.5 Å². The lowest BCUT2D eigenvalue weighted by Crippen LogP contribution is -2.35. The molecular formula is C27H26ClN5O3. The maximum Gasteiger partial charge on any atom is 0.411 e. The van der Waals surface area contributed by atoms with Gasteiger partial charge in [0.05, 0.1) is 23.0 Å². The number of aromatic nitrogens is 2. The third-order valence-electron chi connectivity index (χ3n) is 6.55. The molecule has 3 heterocycles. The summed E-state index contributed by atoms with van der Waals surface area (Å²) in [6, 6.07) is 14.2. The number of hydrogen-bond donors (Lipinski definition) is 3. The van der Waals surface area contributed by atoms with Crippen molar-refractivity contribution >= 4 is 51.4 Å². The number of nitrogens with two attached hydrogens (primary N) is 1. The van der Waals surface area contributed by atoms with E-state index < -0.39 is 6.09 Å². The standard InChI is InChI=1S/C27H26ClN5O3/c28-22-15-31-24-14-18(4-5-20(22)24)26(34)21-2-1-3-23(29)25(21)32-27(35)36-16-17-8-12-33(13-9-17)19-6-10-30-11-7-19/h1-7,10-11,14-15,17,31H,8-9,12-13,16,29H2,(H,32,35). The fourth-order valence-electron chi connectivity index (χ4n) is 4.53. The molecular weight excluding hydrogens is 478 g/mol. The molecule has 1 aliphatic rings. The van der Waals surface area contributed by atoms with Crippen molar-refractivity contribution in [2.45, 2.75) is 12.8 Å². The van der Waals surface area contributed by atoms with Crippen molar-refractivity contribution in [2.24, 2.45) is 5.92 Å². The lowest BCUT2D eigenvalue weighted by Gasteiger charge is -2.33. The summed E-state index contributed by atoms with van der Waals surface area (Å²) in [6.45, 7) is 2.08. The van der Waals surface area contributed by atoms with E-state index in [4.69, 9.17) is 22.1 Å². The van der Waals surface area contributed by atoms with Gasteiger partial charge >= 0.3 is 6.09 Å². The maximum atomic E-state index is 13.3. The molecule has 1 amide bonds. The smallest absolute Gasteiger partial charge is 0.411 e.